The lowest BCUT2D eigenvalue weighted by Gasteiger charge is -2.60. The van der Waals surface area contributed by atoms with E-state index in [2.05, 4.69) is 13.8 Å². The largest absolute Gasteiger partial charge is 0.446 e. The van der Waals surface area contributed by atoms with Gasteiger partial charge in [-0.3, -0.25) is 0 Å². The number of carbonyl (C=O) groups is 1. The van der Waals surface area contributed by atoms with Gasteiger partial charge in [0, 0.05) is 12.3 Å². The maximum absolute atomic E-state index is 11.4. The van der Waals surface area contributed by atoms with E-state index >= 15 is 0 Å². The molecule has 26 heavy (non-hydrogen) atoms. The van der Waals surface area contributed by atoms with E-state index in [0.29, 0.717) is 17.8 Å². The third kappa shape index (κ3) is 3.01. The molecule has 0 aromatic carbocycles. The lowest BCUT2D eigenvalue weighted by Crippen LogP contribution is -2.70. The number of fused-ring (bicyclic) bond motifs is 2. The first-order chi connectivity index (χ1) is 12.4. The van der Waals surface area contributed by atoms with Crippen LogP contribution in [0.3, 0.4) is 0 Å². The average molecular weight is 405 g/mol. The van der Waals surface area contributed by atoms with Gasteiger partial charge in [0.15, 0.2) is 11.9 Å². The summed E-state index contributed by atoms with van der Waals surface area (Å²) >= 11 is 2.60. The van der Waals surface area contributed by atoms with Crippen LogP contribution in [0.1, 0.15) is 46.5 Å². The minimum absolute atomic E-state index is 0.0918. The van der Waals surface area contributed by atoms with Crippen molar-refractivity contribution in [3.63, 3.8) is 0 Å². The van der Waals surface area contributed by atoms with Crippen LogP contribution in [0, 0.1) is 23.7 Å². The Balaban J connectivity index is 1.57. The van der Waals surface area contributed by atoms with Gasteiger partial charge in [-0.25, -0.2) is 14.6 Å². The molecule has 0 aromatic rings. The van der Waals surface area contributed by atoms with Crippen LogP contribution in [0.15, 0.2) is 0 Å². The Labute approximate surface area is 163 Å². The molecule has 0 amide bonds. The minimum atomic E-state index is -0.751. The number of rotatable bonds is 3. The van der Waals surface area contributed by atoms with Crippen LogP contribution in [-0.2, 0) is 24.0 Å². The maximum atomic E-state index is 11.4. The zero-order chi connectivity index (χ0) is 18.5. The molecule has 0 unspecified atom stereocenters. The summed E-state index contributed by atoms with van der Waals surface area (Å²) in [7, 11) is 0. The molecule has 1 saturated carbocycles. The van der Waals surface area contributed by atoms with Crippen LogP contribution in [0.25, 0.3) is 0 Å². The van der Waals surface area contributed by atoms with E-state index in [1.165, 1.54) is 18.2 Å². The van der Waals surface area contributed by atoms with E-state index in [-0.39, 0.29) is 22.6 Å². The summed E-state index contributed by atoms with van der Waals surface area (Å²) in [6.07, 6.45) is 5.38. The topological polar surface area (TPSA) is 63.2 Å². The van der Waals surface area contributed by atoms with Gasteiger partial charge >= 0.3 is 5.30 Å². The second-order valence-corrected chi connectivity index (χ2v) is 9.93. The fourth-order valence-electron chi connectivity index (χ4n) is 5.27. The highest BCUT2D eigenvalue weighted by Gasteiger charge is 2.69. The Bertz CT molecular complexity index is 562. The van der Waals surface area contributed by atoms with Gasteiger partial charge in [0.05, 0.1) is 0 Å². The molecule has 0 N–H and O–H groups in total. The fourth-order valence-corrected chi connectivity index (χ4v) is 6.50. The van der Waals surface area contributed by atoms with Crippen molar-refractivity contribution in [1.29, 1.82) is 0 Å². The van der Waals surface area contributed by atoms with Crippen molar-refractivity contribution in [2.24, 2.45) is 23.7 Å². The highest BCUT2D eigenvalue weighted by Crippen LogP contribution is 2.61. The second-order valence-electron chi connectivity index (χ2n) is 8.16. The zero-order valence-corrected chi connectivity index (χ0v) is 17.4. The van der Waals surface area contributed by atoms with E-state index in [4.69, 9.17) is 24.0 Å². The van der Waals surface area contributed by atoms with Crippen LogP contribution in [0.4, 0.5) is 4.79 Å². The fraction of sp³-hybridized carbons (Fsp3) is 0.944. The van der Waals surface area contributed by atoms with E-state index < -0.39 is 17.7 Å². The highest BCUT2D eigenvalue weighted by atomic mass is 32.2. The van der Waals surface area contributed by atoms with Crippen molar-refractivity contribution < 1.29 is 28.8 Å². The van der Waals surface area contributed by atoms with Gasteiger partial charge in [0.25, 0.3) is 0 Å². The molecular formula is C18H28O6S2. The van der Waals surface area contributed by atoms with E-state index in [0.717, 1.165) is 31.0 Å². The molecule has 4 saturated heterocycles. The van der Waals surface area contributed by atoms with Crippen molar-refractivity contribution in [2.75, 3.05) is 12.2 Å². The summed E-state index contributed by atoms with van der Waals surface area (Å²) in [4.78, 5) is 23.3. The molecule has 0 aromatic heterocycles. The van der Waals surface area contributed by atoms with Gasteiger partial charge < -0.3 is 14.2 Å². The van der Waals surface area contributed by atoms with E-state index in [9.17, 15) is 4.79 Å². The van der Waals surface area contributed by atoms with Gasteiger partial charge in [0.1, 0.15) is 11.4 Å². The van der Waals surface area contributed by atoms with Crippen molar-refractivity contribution in [1.82, 2.24) is 0 Å². The molecule has 4 aliphatic heterocycles. The molecule has 8 heteroatoms. The lowest BCUT2D eigenvalue weighted by molar-refractivity contribution is -0.568. The minimum Gasteiger partial charge on any atom is -0.446 e. The predicted octanol–water partition coefficient (Wildman–Crippen LogP) is 4.38. The molecule has 5 fully saturated rings. The molecular weight excluding hydrogens is 376 g/mol. The Morgan fingerprint density at radius 3 is 2.77 bits per heavy atom. The third-order valence-electron chi connectivity index (χ3n) is 6.67. The summed E-state index contributed by atoms with van der Waals surface area (Å²) in [5.74, 6) is 1.03. The zero-order valence-electron chi connectivity index (χ0n) is 15.8. The maximum Gasteiger partial charge on any atom is 0.367 e. The first kappa shape index (κ1) is 19.3. The van der Waals surface area contributed by atoms with E-state index in [1.807, 2.05) is 6.92 Å². The van der Waals surface area contributed by atoms with Crippen LogP contribution in [0.5, 0.6) is 0 Å². The summed E-state index contributed by atoms with van der Waals surface area (Å²) < 4.78 is 17.9. The van der Waals surface area contributed by atoms with E-state index in [1.54, 1.807) is 6.26 Å². The van der Waals surface area contributed by atoms with Crippen LogP contribution in [-0.4, -0.2) is 40.6 Å². The highest BCUT2D eigenvalue weighted by molar-refractivity contribution is 8.12. The number of carbonyl (C=O) groups excluding carboxylic acids is 1. The number of ether oxygens (including phenoxy) is 3. The molecule has 148 valence electrons. The van der Waals surface area contributed by atoms with Gasteiger partial charge in [0.2, 0.25) is 5.79 Å². The monoisotopic (exact) mass is 404 g/mol. The summed E-state index contributed by atoms with van der Waals surface area (Å²) in [6.45, 7) is 6.45. The molecule has 1 aliphatic carbocycles. The number of hydrogen-bond acceptors (Lipinski definition) is 8. The molecule has 5 aliphatic rings. The normalized spacial score (nSPS) is 50.0. The number of hydrogen-bond donors (Lipinski definition) is 0. The van der Waals surface area contributed by atoms with Crippen LogP contribution < -0.4 is 0 Å². The van der Waals surface area contributed by atoms with Gasteiger partial charge in [-0.15, -0.1) is 0 Å². The molecule has 8 atom stereocenters. The Hall–Kier alpha value is 0.01000. The summed E-state index contributed by atoms with van der Waals surface area (Å²) in [5.41, 5.74) is -0.619. The Morgan fingerprint density at radius 1 is 1.19 bits per heavy atom. The third-order valence-corrected chi connectivity index (χ3v) is 8.25. The average Bonchev–Trinajstić information content (AvgIpc) is 2.85. The molecule has 2 bridgehead atoms. The molecule has 1 spiro atoms. The summed E-state index contributed by atoms with van der Waals surface area (Å²) in [5, 5.41) is -0.266. The summed E-state index contributed by atoms with van der Waals surface area (Å²) in [6, 6.07) is 0. The van der Waals surface area contributed by atoms with Gasteiger partial charge in [-0.2, -0.15) is 0 Å². The van der Waals surface area contributed by atoms with Crippen molar-refractivity contribution >= 4 is 28.8 Å². The predicted molar refractivity (Wildman–Crippen MR) is 99.3 cm³/mol. The van der Waals surface area contributed by atoms with Gasteiger partial charge in [-0.1, -0.05) is 25.6 Å². The lowest BCUT2D eigenvalue weighted by atomic mass is 9.58. The first-order valence-electron chi connectivity index (χ1n) is 9.42. The molecule has 0 radical (unpaired) electrons. The van der Waals surface area contributed by atoms with Gasteiger partial charge in [-0.05, 0) is 62.0 Å². The standard InChI is InChI=1S/C18H28O6S2/c1-10-5-6-13-11(2)14(26-9-20-16(19)25-4)21-15-18(13)12(10)7-8-17(3,22-15)23-24-18/h10-15H,5-9H2,1-4H3/t10-,11-,12+,13+,14+,15-,17+,18-/m1/s1. The van der Waals surface area contributed by atoms with Crippen molar-refractivity contribution in [3.05, 3.63) is 0 Å². The first-order valence-corrected chi connectivity index (χ1v) is 11.7. The van der Waals surface area contributed by atoms with Crippen LogP contribution in [0.2, 0.25) is 0 Å². The molecule has 4 heterocycles. The van der Waals surface area contributed by atoms with Crippen molar-refractivity contribution in [2.45, 2.75) is 69.6 Å². The second kappa shape index (κ2) is 7.12. The van der Waals surface area contributed by atoms with Crippen molar-refractivity contribution in [3.8, 4) is 0 Å². The number of thioether (sulfide) groups is 2. The molecule has 5 rings (SSSR count). The van der Waals surface area contributed by atoms with Crippen LogP contribution >= 0.6 is 23.5 Å². The smallest absolute Gasteiger partial charge is 0.367 e. The Morgan fingerprint density at radius 2 is 2.00 bits per heavy atom. The SMILES string of the molecule is CSC(=O)OCS[C@@H]1O[C@@H]2O[C@]3(C)CC[C@H]4[C@H](C)CC[C@@H]([C@H]1C)[C@@]24OO3. The Kier molecular flexibility index (Phi) is 5.29. The quantitative estimate of drug-likeness (QED) is 0.390. The molecule has 6 nitrogen and oxygen atoms in total.